The topological polar surface area (TPSA) is 93.5 Å². The molecule has 0 fully saturated rings. The third-order valence-corrected chi connectivity index (χ3v) is 6.25. The van der Waals surface area contributed by atoms with E-state index in [1.807, 2.05) is 0 Å². The van der Waals surface area contributed by atoms with Crippen LogP contribution in [0.1, 0.15) is 73.9 Å². The number of unbranched alkanes of at least 4 members (excludes halogenated alkanes) is 1. The molecule has 2 aromatic rings. The fourth-order valence-corrected chi connectivity index (χ4v) is 4.34. The van der Waals surface area contributed by atoms with Crippen molar-refractivity contribution in [3.05, 3.63) is 46.7 Å². The highest BCUT2D eigenvalue weighted by Crippen LogP contribution is 2.33. The Morgan fingerprint density at radius 1 is 1.21 bits per heavy atom. The molecular formula is C24H31ClN4O4. The molecule has 9 heteroatoms. The molecule has 8 nitrogen and oxygen atoms in total. The molecule has 2 heterocycles. The Balaban J connectivity index is 2.04. The second-order valence-corrected chi connectivity index (χ2v) is 8.99. The Hall–Kier alpha value is -2.87. The van der Waals surface area contributed by atoms with Crippen molar-refractivity contribution in [1.29, 1.82) is 0 Å². The number of carbonyl (C=O) groups excluding carboxylic acids is 3. The molecule has 0 bridgehead atoms. The van der Waals surface area contributed by atoms with E-state index >= 15 is 0 Å². The summed E-state index contributed by atoms with van der Waals surface area (Å²) in [6.07, 6.45) is 4.72. The van der Waals surface area contributed by atoms with Crippen LogP contribution in [0.15, 0.2) is 30.3 Å². The van der Waals surface area contributed by atoms with Crippen LogP contribution >= 0.6 is 11.6 Å². The number of methoxy groups -OCH3 is 1. The summed E-state index contributed by atoms with van der Waals surface area (Å²) in [5.41, 5.74) is -0.495. The quantitative estimate of drug-likeness (QED) is 0.549. The Bertz CT molecular complexity index is 1020. The maximum atomic E-state index is 13.7. The van der Waals surface area contributed by atoms with Gasteiger partial charge in [-0.25, -0.2) is 4.79 Å². The number of nitrogens with zero attached hydrogens (tertiary/aromatic N) is 3. The van der Waals surface area contributed by atoms with E-state index in [0.29, 0.717) is 10.7 Å². The second-order valence-electron chi connectivity index (χ2n) is 8.56. The van der Waals surface area contributed by atoms with Crippen LogP contribution in [-0.4, -0.2) is 46.3 Å². The van der Waals surface area contributed by atoms with E-state index in [0.717, 1.165) is 32.1 Å². The first-order chi connectivity index (χ1) is 15.7. The summed E-state index contributed by atoms with van der Waals surface area (Å²) in [5.74, 6) is -1.33. The number of ether oxygens (including phenoxy) is 1. The van der Waals surface area contributed by atoms with E-state index in [9.17, 15) is 14.4 Å². The molecule has 0 radical (unpaired) electrons. The number of aromatic nitrogens is 2. The van der Waals surface area contributed by atoms with Crippen molar-refractivity contribution < 1.29 is 19.1 Å². The van der Waals surface area contributed by atoms with Gasteiger partial charge < -0.3 is 10.1 Å². The molecule has 2 unspecified atom stereocenters. The summed E-state index contributed by atoms with van der Waals surface area (Å²) in [6, 6.07) is 8.19. The minimum atomic E-state index is -1.27. The molecule has 33 heavy (non-hydrogen) atoms. The molecule has 1 aliphatic heterocycles. The molecule has 1 aromatic heterocycles. The lowest BCUT2D eigenvalue weighted by atomic mass is 9.92. The summed E-state index contributed by atoms with van der Waals surface area (Å²) in [5, 5.41) is 7.95. The molecule has 0 aliphatic carbocycles. The van der Waals surface area contributed by atoms with E-state index in [1.165, 1.54) is 22.8 Å². The van der Waals surface area contributed by atoms with Gasteiger partial charge in [-0.1, -0.05) is 44.7 Å². The molecule has 0 saturated carbocycles. The van der Waals surface area contributed by atoms with Crippen LogP contribution in [0.25, 0.3) is 0 Å². The molecule has 0 saturated heterocycles. The predicted octanol–water partition coefficient (Wildman–Crippen LogP) is 4.22. The van der Waals surface area contributed by atoms with Gasteiger partial charge in [-0.3, -0.25) is 19.2 Å². The summed E-state index contributed by atoms with van der Waals surface area (Å²) >= 11 is 6.06. The van der Waals surface area contributed by atoms with E-state index in [-0.39, 0.29) is 29.9 Å². The van der Waals surface area contributed by atoms with Crippen LogP contribution < -0.4 is 10.2 Å². The minimum Gasteiger partial charge on any atom is -0.464 e. The van der Waals surface area contributed by atoms with E-state index < -0.39 is 17.4 Å². The Kier molecular flexibility index (Phi) is 7.79. The standard InChI is InChI=1S/C24H31ClN4O4/c1-5-7-9-17(8-6-2)26-23(32)24(3)15-28-20(14-19(27-28)22(31)33-4)21(30)29(24)18-12-10-16(25)11-13-18/h10-14,17H,5-9,15H2,1-4H3,(H,26,32). The number of benzene rings is 1. The average molecular weight is 475 g/mol. The number of halogens is 1. The first-order valence-electron chi connectivity index (χ1n) is 11.3. The molecule has 0 spiro atoms. The lowest BCUT2D eigenvalue weighted by Crippen LogP contribution is -2.65. The lowest BCUT2D eigenvalue weighted by Gasteiger charge is -2.43. The zero-order valence-corrected chi connectivity index (χ0v) is 20.3. The van der Waals surface area contributed by atoms with Crippen LogP contribution in [0.3, 0.4) is 0 Å². The normalized spacial score (nSPS) is 18.6. The summed E-state index contributed by atoms with van der Waals surface area (Å²) in [7, 11) is 1.25. The van der Waals surface area contributed by atoms with Gasteiger partial charge in [0.05, 0.1) is 13.7 Å². The van der Waals surface area contributed by atoms with Gasteiger partial charge in [0.1, 0.15) is 11.2 Å². The van der Waals surface area contributed by atoms with Crippen molar-refractivity contribution in [2.45, 2.75) is 71.0 Å². The smallest absolute Gasteiger partial charge is 0.358 e. The monoisotopic (exact) mass is 474 g/mol. The number of carbonyl (C=O) groups is 3. The Labute approximate surface area is 199 Å². The van der Waals surface area contributed by atoms with E-state index in [2.05, 4.69) is 24.3 Å². The highest BCUT2D eigenvalue weighted by atomic mass is 35.5. The summed E-state index contributed by atoms with van der Waals surface area (Å²) < 4.78 is 6.17. The lowest BCUT2D eigenvalue weighted by molar-refractivity contribution is -0.127. The van der Waals surface area contributed by atoms with Gasteiger partial charge in [-0.05, 0) is 44.0 Å². The zero-order chi connectivity index (χ0) is 24.2. The summed E-state index contributed by atoms with van der Waals surface area (Å²) in [4.78, 5) is 40.8. The van der Waals surface area contributed by atoms with Gasteiger partial charge in [-0.2, -0.15) is 5.10 Å². The molecule has 1 aromatic carbocycles. The number of anilines is 1. The molecule has 3 rings (SSSR count). The minimum absolute atomic E-state index is 0.0195. The van der Waals surface area contributed by atoms with Crippen molar-refractivity contribution >= 4 is 35.1 Å². The first kappa shape index (κ1) is 24.8. The number of nitrogens with one attached hydrogen (secondary N) is 1. The van der Waals surface area contributed by atoms with Crippen LogP contribution in [0.2, 0.25) is 5.02 Å². The fraction of sp³-hybridized carbons (Fsp3) is 0.500. The highest BCUT2D eigenvalue weighted by Gasteiger charge is 2.49. The first-order valence-corrected chi connectivity index (χ1v) is 11.7. The highest BCUT2D eigenvalue weighted by molar-refractivity contribution is 6.30. The van der Waals surface area contributed by atoms with Crippen LogP contribution in [0.4, 0.5) is 5.69 Å². The van der Waals surface area contributed by atoms with Crippen molar-refractivity contribution in [1.82, 2.24) is 15.1 Å². The Morgan fingerprint density at radius 2 is 1.91 bits per heavy atom. The zero-order valence-electron chi connectivity index (χ0n) is 19.6. The average Bonchev–Trinajstić information content (AvgIpc) is 3.22. The fourth-order valence-electron chi connectivity index (χ4n) is 4.21. The molecule has 2 atom stereocenters. The second kappa shape index (κ2) is 10.4. The van der Waals surface area contributed by atoms with Crippen molar-refractivity contribution in [3.63, 3.8) is 0 Å². The van der Waals surface area contributed by atoms with Gasteiger partial charge in [-0.15, -0.1) is 0 Å². The molecule has 178 valence electrons. The van der Waals surface area contributed by atoms with Crippen LogP contribution in [0.5, 0.6) is 0 Å². The number of rotatable bonds is 9. The molecule has 1 aliphatic rings. The van der Waals surface area contributed by atoms with Crippen molar-refractivity contribution in [3.8, 4) is 0 Å². The number of hydrogen-bond acceptors (Lipinski definition) is 5. The third kappa shape index (κ3) is 5.05. The largest absolute Gasteiger partial charge is 0.464 e. The van der Waals surface area contributed by atoms with Crippen LogP contribution in [-0.2, 0) is 16.1 Å². The van der Waals surface area contributed by atoms with E-state index in [1.54, 1.807) is 31.2 Å². The number of amides is 2. The molecule has 1 N–H and O–H groups in total. The van der Waals surface area contributed by atoms with Gasteiger partial charge in [0.25, 0.3) is 5.91 Å². The third-order valence-electron chi connectivity index (χ3n) is 6.00. The van der Waals surface area contributed by atoms with Gasteiger partial charge in [0.2, 0.25) is 5.91 Å². The van der Waals surface area contributed by atoms with Gasteiger partial charge in [0.15, 0.2) is 5.69 Å². The maximum absolute atomic E-state index is 13.7. The maximum Gasteiger partial charge on any atom is 0.358 e. The molecule has 2 amide bonds. The number of esters is 1. The SMILES string of the molecule is CCCCC(CCC)NC(=O)C1(C)Cn2nc(C(=O)OC)cc2C(=O)N1c1ccc(Cl)cc1. The van der Waals surface area contributed by atoms with E-state index in [4.69, 9.17) is 16.3 Å². The number of fused-ring (bicyclic) bond motifs is 1. The van der Waals surface area contributed by atoms with Gasteiger partial charge in [0, 0.05) is 22.8 Å². The van der Waals surface area contributed by atoms with Gasteiger partial charge >= 0.3 is 5.97 Å². The summed E-state index contributed by atoms with van der Waals surface area (Å²) in [6.45, 7) is 6.01. The predicted molar refractivity (Wildman–Crippen MR) is 127 cm³/mol. The molecular weight excluding hydrogens is 444 g/mol. The Morgan fingerprint density at radius 3 is 2.52 bits per heavy atom. The van der Waals surface area contributed by atoms with Crippen molar-refractivity contribution in [2.24, 2.45) is 0 Å². The number of hydrogen-bond donors (Lipinski definition) is 1. The van der Waals surface area contributed by atoms with Crippen molar-refractivity contribution in [2.75, 3.05) is 12.0 Å². The van der Waals surface area contributed by atoms with Crippen LogP contribution in [0, 0.1) is 0 Å².